The lowest BCUT2D eigenvalue weighted by Crippen LogP contribution is -2.69. The van der Waals surface area contributed by atoms with Crippen LogP contribution in [0.2, 0.25) is 18.1 Å². The molecule has 3 fully saturated rings. The number of amides is 6. The zero-order valence-corrected chi connectivity index (χ0v) is 55.5. The minimum Gasteiger partial charge on any atom is -0.459 e. The fourth-order valence-electron chi connectivity index (χ4n) is 13.5. The topological polar surface area (TPSA) is 256 Å². The van der Waals surface area contributed by atoms with Gasteiger partial charge in [-0.25, -0.2) is 14.4 Å². The van der Waals surface area contributed by atoms with E-state index < -0.39 is 178 Å². The highest BCUT2D eigenvalue weighted by molar-refractivity contribution is 6.74. The second kappa shape index (κ2) is 27.3. The second-order valence-electron chi connectivity index (χ2n) is 26.4. The molecule has 7 unspecified atom stereocenters. The van der Waals surface area contributed by atoms with Crippen LogP contribution in [0.25, 0.3) is 0 Å². The number of hydrogen-bond acceptors (Lipinski definition) is 19. The van der Waals surface area contributed by atoms with Crippen LogP contribution in [0, 0.1) is 17.8 Å². The quantitative estimate of drug-likeness (QED) is 0.0316. The zero-order chi connectivity index (χ0) is 68.1. The van der Waals surface area contributed by atoms with Crippen LogP contribution >= 0.6 is 0 Å². The summed E-state index contributed by atoms with van der Waals surface area (Å²) in [6, 6.07) is 39.5. The van der Waals surface area contributed by atoms with Gasteiger partial charge in [-0.05, 0) is 90.9 Å². The molecule has 6 heterocycles. The molecular formula is C73H75N3O19Si. The fraction of sp³-hybridized carbons (Fsp3) is 0.384. The van der Waals surface area contributed by atoms with Gasteiger partial charge in [0.05, 0.1) is 86.5 Å². The predicted molar refractivity (Wildman–Crippen MR) is 345 cm³/mol. The van der Waals surface area contributed by atoms with E-state index in [1.165, 1.54) is 31.4 Å². The average molecular weight is 1330 g/mol. The summed E-state index contributed by atoms with van der Waals surface area (Å²) in [5.41, 5.74) is 1.24. The maximum atomic E-state index is 15.3. The van der Waals surface area contributed by atoms with E-state index in [-0.39, 0.29) is 50.1 Å². The number of hydrogen-bond donors (Lipinski definition) is 0. The van der Waals surface area contributed by atoms with E-state index in [2.05, 4.69) is 20.8 Å². The van der Waals surface area contributed by atoms with Crippen LogP contribution in [0.1, 0.15) is 135 Å². The summed E-state index contributed by atoms with van der Waals surface area (Å²) in [6.45, 7) is 13.8. The number of rotatable bonds is 19. The van der Waals surface area contributed by atoms with Crippen molar-refractivity contribution in [3.8, 4) is 0 Å². The Bertz CT molecular complexity index is 3870. The van der Waals surface area contributed by atoms with Crippen molar-refractivity contribution in [3.63, 3.8) is 0 Å². The Balaban J connectivity index is 0.980. The van der Waals surface area contributed by atoms with Gasteiger partial charge in [-0.2, -0.15) is 0 Å². The van der Waals surface area contributed by atoms with E-state index in [1.54, 1.807) is 160 Å². The molecule has 3 saturated heterocycles. The first kappa shape index (κ1) is 67.1. The lowest BCUT2D eigenvalue weighted by molar-refractivity contribution is -0.348. The van der Waals surface area contributed by atoms with Crippen LogP contribution in [0.3, 0.4) is 0 Å². The van der Waals surface area contributed by atoms with E-state index >= 15 is 19.2 Å². The molecule has 6 aromatic rings. The molecule has 0 aromatic heterocycles. The fourth-order valence-corrected chi connectivity index (χ4v) is 14.9. The summed E-state index contributed by atoms with van der Waals surface area (Å²) in [7, 11) is -1.51. The molecule has 12 rings (SSSR count). The summed E-state index contributed by atoms with van der Waals surface area (Å²) in [6.07, 6.45) is -12.6. The van der Waals surface area contributed by atoms with Crippen LogP contribution < -0.4 is 0 Å². The molecule has 22 nitrogen and oxygen atoms in total. The molecule has 0 N–H and O–H groups in total. The van der Waals surface area contributed by atoms with Crippen LogP contribution in [-0.2, 0) is 47.1 Å². The number of imide groups is 3. The maximum absolute atomic E-state index is 15.3. The van der Waals surface area contributed by atoms with Gasteiger partial charge in [0.25, 0.3) is 35.4 Å². The summed E-state index contributed by atoms with van der Waals surface area (Å²) in [5, 5.41) is -0.400. The number of fused-ring (bicyclic) bond motifs is 3. The first-order valence-corrected chi connectivity index (χ1v) is 35.0. The van der Waals surface area contributed by atoms with Gasteiger partial charge >= 0.3 is 17.9 Å². The molecule has 0 aliphatic carbocycles. The molecule has 15 atom stereocenters. The highest BCUT2D eigenvalue weighted by Gasteiger charge is 2.61. The van der Waals surface area contributed by atoms with Crippen LogP contribution in [0.4, 0.5) is 0 Å². The van der Waals surface area contributed by atoms with Crippen LogP contribution in [0.15, 0.2) is 164 Å². The van der Waals surface area contributed by atoms with Gasteiger partial charge in [0.1, 0.15) is 38.1 Å². The van der Waals surface area contributed by atoms with Crippen LogP contribution in [-0.4, -0.2) is 177 Å². The Kier molecular flexibility index (Phi) is 19.1. The second-order valence-corrected chi connectivity index (χ2v) is 31.2. The van der Waals surface area contributed by atoms with Gasteiger partial charge in [-0.1, -0.05) is 133 Å². The van der Waals surface area contributed by atoms with Crippen molar-refractivity contribution in [2.24, 2.45) is 17.8 Å². The van der Waals surface area contributed by atoms with Crippen molar-refractivity contribution in [3.05, 3.63) is 214 Å². The molecule has 23 heteroatoms. The summed E-state index contributed by atoms with van der Waals surface area (Å²) in [4.78, 5) is 135. The SMILES string of the molecule is CO[C@H]1OC(COC(=O)c2ccccc2)[C@@H](OC2OC(COC(=O)c3ccccc3)C(O[C@H]3OC(COC(=O)c4ccccc4)[C@@H](O[Si](C)(C)C(C)(C)C)C(C)[C@@H]3N3C(=O)c4ccccc4C3=O)[C@H](C)[C@H]2N2C(=O)c3ccccc3C2=O)C(C)[C@@H]1N1C(=O)c2ccccc2C1=O. The molecule has 96 heavy (non-hydrogen) atoms. The first-order valence-electron chi connectivity index (χ1n) is 32.0. The summed E-state index contributed by atoms with van der Waals surface area (Å²) >= 11 is 0. The van der Waals surface area contributed by atoms with Crippen molar-refractivity contribution < 1.29 is 90.2 Å². The Labute approximate surface area is 556 Å². The molecule has 500 valence electrons. The molecule has 6 aliphatic rings. The van der Waals surface area contributed by atoms with E-state index in [9.17, 15) is 24.0 Å². The van der Waals surface area contributed by atoms with Gasteiger partial charge in [0, 0.05) is 24.9 Å². The number of benzene rings is 6. The van der Waals surface area contributed by atoms with E-state index in [1.807, 2.05) is 13.1 Å². The Morgan fingerprint density at radius 1 is 0.396 bits per heavy atom. The normalized spacial score (nSPS) is 28.1. The van der Waals surface area contributed by atoms with E-state index in [4.69, 9.17) is 47.1 Å². The van der Waals surface area contributed by atoms with Gasteiger partial charge < -0.3 is 47.1 Å². The minimum absolute atomic E-state index is 0.0503. The summed E-state index contributed by atoms with van der Waals surface area (Å²) < 4.78 is 67.1. The van der Waals surface area contributed by atoms with Gasteiger partial charge in [0.2, 0.25) is 0 Å². The smallest absolute Gasteiger partial charge is 0.338 e. The largest absolute Gasteiger partial charge is 0.459 e. The minimum atomic E-state index is -2.84. The number of carbonyl (C=O) groups is 9. The average Bonchev–Trinajstić information content (AvgIpc) is 1.50. The monoisotopic (exact) mass is 1330 g/mol. The molecule has 6 aromatic carbocycles. The molecule has 0 saturated carbocycles. The predicted octanol–water partition coefficient (Wildman–Crippen LogP) is 9.44. The third kappa shape index (κ3) is 12.5. The zero-order valence-electron chi connectivity index (χ0n) is 54.5. The molecular weight excluding hydrogens is 1250 g/mol. The number of ether oxygens (including phenoxy) is 9. The Morgan fingerprint density at radius 2 is 0.646 bits per heavy atom. The van der Waals surface area contributed by atoms with Gasteiger partial charge in [-0.3, -0.25) is 43.5 Å². The molecule has 0 bridgehead atoms. The highest BCUT2D eigenvalue weighted by atomic mass is 28.4. The van der Waals surface area contributed by atoms with Gasteiger partial charge in [0.15, 0.2) is 27.2 Å². The highest BCUT2D eigenvalue weighted by Crippen LogP contribution is 2.47. The molecule has 0 spiro atoms. The van der Waals surface area contributed by atoms with Crippen molar-refractivity contribution in [2.75, 3.05) is 26.9 Å². The Hall–Kier alpha value is -8.91. The Morgan fingerprint density at radius 3 is 0.927 bits per heavy atom. The van der Waals surface area contributed by atoms with Crippen molar-refractivity contribution in [2.45, 2.75) is 133 Å². The first-order chi connectivity index (χ1) is 46.0. The van der Waals surface area contributed by atoms with Crippen molar-refractivity contribution in [1.82, 2.24) is 14.7 Å². The molecule has 6 amide bonds. The van der Waals surface area contributed by atoms with Gasteiger partial charge in [-0.15, -0.1) is 0 Å². The maximum Gasteiger partial charge on any atom is 0.338 e. The lowest BCUT2D eigenvalue weighted by atomic mass is 9.84. The van der Waals surface area contributed by atoms with E-state index in [0.29, 0.717) is 0 Å². The third-order valence-corrected chi connectivity index (χ3v) is 24.1. The number of nitrogens with zero attached hydrogens (tertiary/aromatic N) is 3. The molecule has 0 radical (unpaired) electrons. The molecule has 6 aliphatic heterocycles. The standard InChI is InChI=1S/C73H75N3O19Si/c1-40-55(74-61(77)46-31-19-20-32-47(46)62(74)78)70(86-7)90-52(37-87-67(83)43-25-13-10-14-26-43)58(40)93-71-56(75-63(79)48-33-21-22-34-49(48)64(75)80)41(2)59(53(91-71)38-88-68(84)44-27-15-11-16-28-44)94-72-57(76-65(81)50-35-23-24-36-51(50)66(76)82)42(3)60(95-96(8,9)73(4,5)6)54(92-72)39-89-69(85)45-29-17-12-18-30-45/h10-36,40-42,52-60,70-72H,37-39H2,1-9H3/t40?,41-,42?,52?,53?,54?,55+,56-,57+,58+,59?,60+,70+,71?,72-/m1/s1. The number of carbonyl (C=O) groups excluding carboxylic acids is 9. The third-order valence-electron chi connectivity index (χ3n) is 19.6. The van der Waals surface area contributed by atoms with E-state index in [0.717, 1.165) is 14.7 Å². The number of esters is 3. The van der Waals surface area contributed by atoms with Crippen molar-refractivity contribution in [1.29, 1.82) is 0 Å². The number of methoxy groups -OCH3 is 1. The van der Waals surface area contributed by atoms with Crippen LogP contribution in [0.5, 0.6) is 0 Å². The van der Waals surface area contributed by atoms with Crippen molar-refractivity contribution >= 4 is 61.7 Å². The lowest BCUT2D eigenvalue weighted by Gasteiger charge is -2.54. The summed E-state index contributed by atoms with van der Waals surface area (Å²) in [5.74, 6) is -9.38.